The average Bonchev–Trinajstić information content (AvgIpc) is 2.85. The van der Waals surface area contributed by atoms with E-state index in [0.717, 1.165) is 28.9 Å². The molecular formula is C29H27NO2. The second-order valence-corrected chi connectivity index (χ2v) is 7.84. The number of ether oxygens (including phenoxy) is 1. The molecule has 32 heavy (non-hydrogen) atoms. The van der Waals surface area contributed by atoms with Gasteiger partial charge in [0.25, 0.3) is 5.91 Å². The Morgan fingerprint density at radius 2 is 1.34 bits per heavy atom. The monoisotopic (exact) mass is 421 g/mol. The molecule has 0 aliphatic rings. The highest BCUT2D eigenvalue weighted by Gasteiger charge is 2.12. The van der Waals surface area contributed by atoms with Gasteiger partial charge < -0.3 is 10.1 Å². The van der Waals surface area contributed by atoms with Gasteiger partial charge in [-0.15, -0.1) is 0 Å². The summed E-state index contributed by atoms with van der Waals surface area (Å²) in [6, 6.07) is 36.6. The van der Waals surface area contributed by atoms with E-state index in [0.29, 0.717) is 0 Å². The van der Waals surface area contributed by atoms with Crippen LogP contribution in [0, 0.1) is 0 Å². The van der Waals surface area contributed by atoms with Crippen molar-refractivity contribution < 1.29 is 9.53 Å². The Bertz CT molecular complexity index is 1140. The van der Waals surface area contributed by atoms with Gasteiger partial charge in [0.15, 0.2) is 6.61 Å². The Kier molecular flexibility index (Phi) is 6.98. The first kappa shape index (κ1) is 21.4. The van der Waals surface area contributed by atoms with E-state index in [1.54, 1.807) is 0 Å². The Morgan fingerprint density at radius 3 is 2.06 bits per heavy atom. The van der Waals surface area contributed by atoms with E-state index in [4.69, 9.17) is 4.74 Å². The van der Waals surface area contributed by atoms with Crippen LogP contribution in [0.15, 0.2) is 109 Å². The number of rotatable bonds is 8. The van der Waals surface area contributed by atoms with E-state index >= 15 is 0 Å². The normalized spacial score (nSPS) is 11.5. The predicted octanol–water partition coefficient (Wildman–Crippen LogP) is 6.20. The molecule has 0 aromatic heterocycles. The van der Waals surface area contributed by atoms with Gasteiger partial charge in [-0.3, -0.25) is 4.79 Å². The fourth-order valence-electron chi connectivity index (χ4n) is 3.71. The summed E-state index contributed by atoms with van der Waals surface area (Å²) in [5.74, 6) is 0.602. The Hall–Kier alpha value is -3.85. The zero-order chi connectivity index (χ0) is 22.2. The fourth-order valence-corrected chi connectivity index (χ4v) is 3.71. The van der Waals surface area contributed by atoms with Gasteiger partial charge in [-0.1, -0.05) is 103 Å². The lowest BCUT2D eigenvalue weighted by Crippen LogP contribution is -2.31. The van der Waals surface area contributed by atoms with Crippen LogP contribution in [-0.2, 0) is 11.2 Å². The van der Waals surface area contributed by atoms with Crippen LogP contribution < -0.4 is 10.1 Å². The molecule has 4 aromatic carbocycles. The van der Waals surface area contributed by atoms with Gasteiger partial charge in [0.1, 0.15) is 5.75 Å². The minimum Gasteiger partial charge on any atom is -0.483 e. The molecule has 3 heteroatoms. The second-order valence-electron chi connectivity index (χ2n) is 7.84. The van der Waals surface area contributed by atoms with Crippen molar-refractivity contribution >= 4 is 5.91 Å². The minimum absolute atomic E-state index is 0.0156. The number of carbonyl (C=O) groups excluding carboxylic acids is 1. The molecule has 3 nitrogen and oxygen atoms in total. The van der Waals surface area contributed by atoms with Crippen LogP contribution in [0.25, 0.3) is 11.1 Å². The SMILES string of the molecule is C[C@H](NC(=O)COc1ccccc1Cc1ccccc1)c1ccc(-c2ccccc2)cc1. The average molecular weight is 422 g/mol. The summed E-state index contributed by atoms with van der Waals surface area (Å²) in [7, 11) is 0. The molecule has 1 atom stereocenters. The zero-order valence-corrected chi connectivity index (χ0v) is 18.2. The summed E-state index contributed by atoms with van der Waals surface area (Å²) in [5.41, 5.74) is 5.67. The van der Waals surface area contributed by atoms with E-state index in [-0.39, 0.29) is 18.6 Å². The smallest absolute Gasteiger partial charge is 0.258 e. The molecule has 0 unspecified atom stereocenters. The number of hydrogen-bond acceptors (Lipinski definition) is 2. The maximum absolute atomic E-state index is 12.5. The Balaban J connectivity index is 1.33. The molecule has 4 aromatic rings. The Morgan fingerprint density at radius 1 is 0.750 bits per heavy atom. The minimum atomic E-state index is -0.140. The van der Waals surface area contributed by atoms with Crippen LogP contribution in [0.4, 0.5) is 0 Å². The van der Waals surface area contributed by atoms with Crippen molar-refractivity contribution in [3.05, 3.63) is 126 Å². The molecule has 1 amide bonds. The van der Waals surface area contributed by atoms with Crippen molar-refractivity contribution in [3.8, 4) is 16.9 Å². The van der Waals surface area contributed by atoms with Crippen molar-refractivity contribution in [2.24, 2.45) is 0 Å². The summed E-state index contributed by atoms with van der Waals surface area (Å²) in [6.45, 7) is 1.97. The maximum Gasteiger partial charge on any atom is 0.258 e. The van der Waals surface area contributed by atoms with E-state index in [2.05, 4.69) is 53.8 Å². The molecule has 0 aliphatic carbocycles. The molecule has 0 aliphatic heterocycles. The molecule has 0 saturated heterocycles. The largest absolute Gasteiger partial charge is 0.483 e. The summed E-state index contributed by atoms with van der Waals surface area (Å²) < 4.78 is 5.87. The van der Waals surface area contributed by atoms with Crippen molar-refractivity contribution in [3.63, 3.8) is 0 Å². The highest BCUT2D eigenvalue weighted by Crippen LogP contribution is 2.23. The topological polar surface area (TPSA) is 38.3 Å². The quantitative estimate of drug-likeness (QED) is 0.368. The highest BCUT2D eigenvalue weighted by atomic mass is 16.5. The van der Waals surface area contributed by atoms with E-state index in [1.807, 2.05) is 67.6 Å². The molecule has 0 spiro atoms. The highest BCUT2D eigenvalue weighted by molar-refractivity contribution is 5.78. The molecule has 0 bridgehead atoms. The number of benzene rings is 4. The van der Waals surface area contributed by atoms with Crippen LogP contribution in [0.1, 0.15) is 29.7 Å². The first-order valence-electron chi connectivity index (χ1n) is 10.9. The van der Waals surface area contributed by atoms with E-state index < -0.39 is 0 Å². The Labute approximate surface area is 189 Å². The predicted molar refractivity (Wildman–Crippen MR) is 130 cm³/mol. The number of amides is 1. The fraction of sp³-hybridized carbons (Fsp3) is 0.138. The number of para-hydroxylation sites is 1. The molecule has 0 fully saturated rings. The van der Waals surface area contributed by atoms with E-state index in [1.165, 1.54) is 11.1 Å². The van der Waals surface area contributed by atoms with Crippen LogP contribution in [0.2, 0.25) is 0 Å². The van der Waals surface area contributed by atoms with Crippen LogP contribution in [-0.4, -0.2) is 12.5 Å². The molecule has 4 rings (SSSR count). The summed E-state index contributed by atoms with van der Waals surface area (Å²) in [4.78, 5) is 12.5. The van der Waals surface area contributed by atoms with Crippen molar-refractivity contribution in [2.75, 3.05) is 6.61 Å². The van der Waals surface area contributed by atoms with Crippen LogP contribution >= 0.6 is 0 Å². The number of carbonyl (C=O) groups is 1. The van der Waals surface area contributed by atoms with Gasteiger partial charge in [0, 0.05) is 6.42 Å². The first-order valence-corrected chi connectivity index (χ1v) is 10.9. The molecule has 160 valence electrons. The second kappa shape index (κ2) is 10.5. The molecule has 1 N–H and O–H groups in total. The van der Waals surface area contributed by atoms with Gasteiger partial charge in [-0.05, 0) is 40.8 Å². The summed E-state index contributed by atoms with van der Waals surface area (Å²) in [6.07, 6.45) is 0.767. The van der Waals surface area contributed by atoms with Gasteiger partial charge in [-0.25, -0.2) is 0 Å². The summed E-state index contributed by atoms with van der Waals surface area (Å²) >= 11 is 0. The lowest BCUT2D eigenvalue weighted by molar-refractivity contribution is -0.123. The summed E-state index contributed by atoms with van der Waals surface area (Å²) in [5, 5.41) is 3.03. The van der Waals surface area contributed by atoms with Crippen LogP contribution in [0.5, 0.6) is 5.75 Å². The number of nitrogens with one attached hydrogen (secondary N) is 1. The standard InChI is InChI=1S/C29H27NO2/c1-22(24-16-18-26(19-17-24)25-12-6-3-7-13-25)30-29(31)21-32-28-15-9-8-14-27(28)20-23-10-4-2-5-11-23/h2-19,22H,20-21H2,1H3,(H,30,31)/t22-/m0/s1. The van der Waals surface area contributed by atoms with E-state index in [9.17, 15) is 4.79 Å². The lowest BCUT2D eigenvalue weighted by Gasteiger charge is -2.16. The van der Waals surface area contributed by atoms with Gasteiger partial charge in [0.2, 0.25) is 0 Å². The molecule has 0 saturated carbocycles. The van der Waals surface area contributed by atoms with Crippen LogP contribution in [0.3, 0.4) is 0 Å². The number of hydrogen-bond donors (Lipinski definition) is 1. The van der Waals surface area contributed by atoms with Gasteiger partial charge in [-0.2, -0.15) is 0 Å². The molecule has 0 heterocycles. The third-order valence-corrected chi connectivity index (χ3v) is 5.46. The maximum atomic E-state index is 12.5. The third kappa shape index (κ3) is 5.64. The molecular weight excluding hydrogens is 394 g/mol. The van der Waals surface area contributed by atoms with Gasteiger partial charge in [0.05, 0.1) is 6.04 Å². The molecule has 0 radical (unpaired) electrons. The lowest BCUT2D eigenvalue weighted by atomic mass is 10.0. The third-order valence-electron chi connectivity index (χ3n) is 5.46. The zero-order valence-electron chi connectivity index (χ0n) is 18.2. The van der Waals surface area contributed by atoms with Crippen molar-refractivity contribution in [1.82, 2.24) is 5.32 Å². The van der Waals surface area contributed by atoms with Crippen molar-refractivity contribution in [1.29, 1.82) is 0 Å². The first-order chi connectivity index (χ1) is 15.7. The van der Waals surface area contributed by atoms with Gasteiger partial charge >= 0.3 is 0 Å². The van der Waals surface area contributed by atoms with Crippen molar-refractivity contribution in [2.45, 2.75) is 19.4 Å².